The number of furan rings is 1. The molecule has 0 atom stereocenters. The zero-order valence-electron chi connectivity index (χ0n) is 26.7. The quantitative estimate of drug-likeness (QED) is 0.183. The zero-order valence-corrected chi connectivity index (χ0v) is 27.5. The van der Waals surface area contributed by atoms with Crippen molar-refractivity contribution in [3.8, 4) is 39.7 Å². The zero-order chi connectivity index (χ0) is 34.8. The SMILES string of the molecule is CCOC(=O)N(C)C(=O)c1c(-c2ccc(F)cc2)oc2cc(N(C)S(C)(=O)=O)c(-c3ccc4c(n3)-c3cc5c(F)cccc5n3CO4)cc12. The Bertz CT molecular complexity index is 2440. The lowest BCUT2D eigenvalue weighted by Gasteiger charge is -2.23. The Labute approximate surface area is 278 Å². The Hall–Kier alpha value is -5.76. The van der Waals surface area contributed by atoms with Gasteiger partial charge in [-0.3, -0.25) is 9.10 Å². The predicted octanol–water partition coefficient (Wildman–Crippen LogP) is 7.04. The fourth-order valence-corrected chi connectivity index (χ4v) is 6.39. The molecule has 0 N–H and O–H groups in total. The number of hydrogen-bond donors (Lipinski definition) is 0. The van der Waals surface area contributed by atoms with Gasteiger partial charge < -0.3 is 18.5 Å². The van der Waals surface area contributed by atoms with Crippen LogP contribution < -0.4 is 9.04 Å². The van der Waals surface area contributed by atoms with Gasteiger partial charge in [0.1, 0.15) is 34.4 Å². The van der Waals surface area contributed by atoms with E-state index in [1.807, 2.05) is 0 Å². The van der Waals surface area contributed by atoms with Crippen molar-refractivity contribution < 1.29 is 40.7 Å². The third-order valence-corrected chi connectivity index (χ3v) is 9.62. The minimum Gasteiger partial charge on any atom is -0.470 e. The normalized spacial score (nSPS) is 12.4. The number of imide groups is 1. The molecule has 0 bridgehead atoms. The molecular weight excluding hydrogens is 658 g/mol. The lowest BCUT2D eigenvalue weighted by atomic mass is 10.00. The van der Waals surface area contributed by atoms with Gasteiger partial charge in [0, 0.05) is 42.1 Å². The van der Waals surface area contributed by atoms with Gasteiger partial charge >= 0.3 is 6.09 Å². The number of rotatable bonds is 6. The van der Waals surface area contributed by atoms with Crippen molar-refractivity contribution in [2.75, 3.05) is 31.3 Å². The van der Waals surface area contributed by atoms with E-state index in [0.717, 1.165) is 15.5 Å². The Morgan fingerprint density at radius 1 is 1.00 bits per heavy atom. The molecule has 3 aromatic heterocycles. The molecule has 250 valence electrons. The lowest BCUT2D eigenvalue weighted by Crippen LogP contribution is -2.33. The summed E-state index contributed by atoms with van der Waals surface area (Å²) in [6.45, 7) is 1.76. The van der Waals surface area contributed by atoms with E-state index >= 15 is 0 Å². The highest BCUT2D eigenvalue weighted by atomic mass is 32.2. The molecule has 0 unspecified atom stereocenters. The van der Waals surface area contributed by atoms with E-state index in [4.69, 9.17) is 18.9 Å². The number of anilines is 1. The summed E-state index contributed by atoms with van der Waals surface area (Å²) in [5.74, 6) is -1.22. The highest BCUT2D eigenvalue weighted by molar-refractivity contribution is 7.92. The Morgan fingerprint density at radius 3 is 2.47 bits per heavy atom. The number of amides is 2. The number of halogens is 2. The van der Waals surface area contributed by atoms with E-state index in [1.165, 1.54) is 50.5 Å². The van der Waals surface area contributed by atoms with Crippen LogP contribution in [0, 0.1) is 11.6 Å². The number of pyridine rings is 1. The molecule has 7 rings (SSSR count). The molecule has 0 aliphatic carbocycles. The highest BCUT2D eigenvalue weighted by Crippen LogP contribution is 2.44. The number of nitrogens with zero attached hydrogens (tertiary/aromatic N) is 4. The summed E-state index contributed by atoms with van der Waals surface area (Å²) in [4.78, 5) is 32.3. The molecule has 6 aromatic rings. The Balaban J connectivity index is 1.49. The molecular formula is C35H28F2N4O7S. The van der Waals surface area contributed by atoms with Gasteiger partial charge in [-0.1, -0.05) is 6.07 Å². The van der Waals surface area contributed by atoms with Crippen LogP contribution in [0.5, 0.6) is 5.75 Å². The number of aromatic nitrogens is 2. The fraction of sp³-hybridized carbons (Fsp3) is 0.171. The van der Waals surface area contributed by atoms with Crippen LogP contribution in [0.25, 0.3) is 55.8 Å². The van der Waals surface area contributed by atoms with Gasteiger partial charge in [-0.05, 0) is 67.6 Å². The van der Waals surface area contributed by atoms with Crippen molar-refractivity contribution in [3.63, 3.8) is 0 Å². The Morgan fingerprint density at radius 2 is 1.76 bits per heavy atom. The number of sulfonamides is 1. The van der Waals surface area contributed by atoms with E-state index in [2.05, 4.69) is 0 Å². The number of hydrogen-bond acceptors (Lipinski definition) is 8. The summed E-state index contributed by atoms with van der Waals surface area (Å²) in [6, 6.07) is 18.0. The first-order valence-electron chi connectivity index (χ1n) is 15.0. The number of benzene rings is 3. The van der Waals surface area contributed by atoms with Gasteiger partial charge in [-0.2, -0.15) is 0 Å². The number of carbonyl (C=O) groups is 2. The van der Waals surface area contributed by atoms with Crippen LogP contribution in [0.3, 0.4) is 0 Å². The topological polar surface area (TPSA) is 124 Å². The fourth-order valence-electron chi connectivity index (χ4n) is 5.88. The molecule has 49 heavy (non-hydrogen) atoms. The maximum absolute atomic E-state index is 14.8. The van der Waals surface area contributed by atoms with E-state index in [-0.39, 0.29) is 41.3 Å². The third-order valence-electron chi connectivity index (χ3n) is 8.43. The molecule has 0 fully saturated rings. The predicted molar refractivity (Wildman–Crippen MR) is 179 cm³/mol. The Kier molecular flexibility index (Phi) is 7.62. The van der Waals surface area contributed by atoms with Crippen molar-refractivity contribution >= 4 is 49.6 Å². The van der Waals surface area contributed by atoms with Crippen molar-refractivity contribution in [2.45, 2.75) is 13.7 Å². The number of ether oxygens (including phenoxy) is 2. The second-order valence-electron chi connectivity index (χ2n) is 11.4. The van der Waals surface area contributed by atoms with Crippen LogP contribution in [0.1, 0.15) is 17.3 Å². The molecule has 1 aliphatic heterocycles. The van der Waals surface area contributed by atoms with E-state index in [9.17, 15) is 26.8 Å². The first-order chi connectivity index (χ1) is 23.4. The summed E-state index contributed by atoms with van der Waals surface area (Å²) >= 11 is 0. The van der Waals surface area contributed by atoms with E-state index in [0.29, 0.717) is 44.9 Å². The molecule has 0 spiro atoms. The van der Waals surface area contributed by atoms with E-state index in [1.54, 1.807) is 47.9 Å². The van der Waals surface area contributed by atoms with Gasteiger partial charge in [-0.25, -0.2) is 31.9 Å². The smallest absolute Gasteiger partial charge is 0.416 e. The highest BCUT2D eigenvalue weighted by Gasteiger charge is 2.31. The summed E-state index contributed by atoms with van der Waals surface area (Å²) in [5.41, 5.74) is 2.78. The van der Waals surface area contributed by atoms with Crippen molar-refractivity contribution in [1.82, 2.24) is 14.5 Å². The standard InChI is InChI=1S/C35H28F2N4O7S/c1-5-46-35(43)39(2)34(42)31-23-15-22(27(40(3)49(4,44)45)17-30(23)48-33(31)19-9-11-20(36)12-10-19)25-13-14-29-32(38-25)28-16-21-24(37)7-6-8-26(21)41(28)18-47-29/h6-17H,5,18H2,1-4H3. The van der Waals surface area contributed by atoms with Gasteiger partial charge in [0.25, 0.3) is 5.91 Å². The van der Waals surface area contributed by atoms with Crippen molar-refractivity contribution in [3.05, 3.63) is 90.0 Å². The van der Waals surface area contributed by atoms with Crippen LogP contribution in [0.4, 0.5) is 19.3 Å². The van der Waals surface area contributed by atoms with Crippen LogP contribution in [-0.2, 0) is 21.5 Å². The van der Waals surface area contributed by atoms with Gasteiger partial charge in [0.15, 0.2) is 6.73 Å². The summed E-state index contributed by atoms with van der Waals surface area (Å²) in [5, 5.41) is 0.619. The first-order valence-corrected chi connectivity index (χ1v) is 16.9. The van der Waals surface area contributed by atoms with E-state index < -0.39 is 33.7 Å². The largest absolute Gasteiger partial charge is 0.470 e. The molecule has 0 saturated heterocycles. The molecule has 0 radical (unpaired) electrons. The average molecular weight is 687 g/mol. The average Bonchev–Trinajstić information content (AvgIpc) is 3.66. The molecule has 11 nitrogen and oxygen atoms in total. The summed E-state index contributed by atoms with van der Waals surface area (Å²) in [7, 11) is -1.21. The maximum Gasteiger partial charge on any atom is 0.416 e. The third kappa shape index (κ3) is 5.33. The minimum absolute atomic E-state index is 0.0258. The maximum atomic E-state index is 14.8. The second kappa shape index (κ2) is 11.7. The monoisotopic (exact) mass is 686 g/mol. The minimum atomic E-state index is -3.84. The van der Waals surface area contributed by atoms with Gasteiger partial charge in [0.05, 0.1) is 41.0 Å². The molecule has 1 aliphatic rings. The summed E-state index contributed by atoms with van der Waals surface area (Å²) in [6.07, 6.45) is 0.140. The molecule has 2 amide bonds. The second-order valence-corrected chi connectivity index (χ2v) is 13.4. The van der Waals surface area contributed by atoms with Crippen LogP contribution >= 0.6 is 0 Å². The molecule has 3 aromatic carbocycles. The van der Waals surface area contributed by atoms with Gasteiger partial charge in [-0.15, -0.1) is 0 Å². The molecule has 14 heteroatoms. The molecule has 4 heterocycles. The van der Waals surface area contributed by atoms with Crippen LogP contribution in [0.2, 0.25) is 0 Å². The summed E-state index contributed by atoms with van der Waals surface area (Å²) < 4.78 is 74.5. The first kappa shape index (κ1) is 31.8. The number of carbonyl (C=O) groups excluding carboxylic acids is 2. The number of fused-ring (bicyclic) bond motifs is 6. The van der Waals surface area contributed by atoms with Crippen LogP contribution in [0.15, 0.2) is 77.2 Å². The van der Waals surface area contributed by atoms with Crippen LogP contribution in [-0.4, -0.2) is 61.8 Å². The lowest BCUT2D eigenvalue weighted by molar-refractivity contribution is 0.0722. The van der Waals surface area contributed by atoms with Crippen molar-refractivity contribution in [2.24, 2.45) is 0 Å². The van der Waals surface area contributed by atoms with Gasteiger partial charge in [0.2, 0.25) is 10.0 Å². The molecule has 0 saturated carbocycles. The van der Waals surface area contributed by atoms with Crippen molar-refractivity contribution in [1.29, 1.82) is 0 Å².